The molecule has 3 heterocycles. The summed E-state index contributed by atoms with van der Waals surface area (Å²) in [6.45, 7) is 6.01. The maximum atomic E-state index is 13.6. The first-order chi connectivity index (χ1) is 17.7. The molecule has 198 valence electrons. The molecule has 10 heteroatoms. The van der Waals surface area contributed by atoms with Gasteiger partial charge in [0.1, 0.15) is 11.3 Å². The van der Waals surface area contributed by atoms with Gasteiger partial charge in [0.15, 0.2) is 18.1 Å². The summed E-state index contributed by atoms with van der Waals surface area (Å²) in [5.74, 6) is -0.189. The lowest BCUT2D eigenvalue weighted by Gasteiger charge is -2.32. The largest absolute Gasteiger partial charge is 0.507 e. The van der Waals surface area contributed by atoms with Crippen LogP contribution >= 0.6 is 0 Å². The number of pyridine rings is 1. The van der Waals surface area contributed by atoms with Crippen molar-refractivity contribution in [1.29, 1.82) is 0 Å². The molecule has 0 radical (unpaired) electrons. The van der Waals surface area contributed by atoms with Crippen molar-refractivity contribution in [2.75, 3.05) is 19.7 Å². The quantitative estimate of drug-likeness (QED) is 0.474. The van der Waals surface area contributed by atoms with Crippen LogP contribution in [-0.4, -0.2) is 63.2 Å². The number of nitrogens with zero attached hydrogens (tertiary/aromatic N) is 3. The fourth-order valence-corrected chi connectivity index (χ4v) is 4.79. The molecule has 2 amide bonds. The van der Waals surface area contributed by atoms with E-state index >= 15 is 0 Å². The molecule has 0 saturated carbocycles. The molecule has 1 aliphatic rings. The van der Waals surface area contributed by atoms with E-state index in [2.05, 4.69) is 10.3 Å². The molecule has 3 aromatic rings. The monoisotopic (exact) mass is 512 g/mol. The van der Waals surface area contributed by atoms with Gasteiger partial charge >= 0.3 is 0 Å². The van der Waals surface area contributed by atoms with Crippen molar-refractivity contribution in [3.63, 3.8) is 0 Å². The molecule has 1 saturated heterocycles. The van der Waals surface area contributed by atoms with Gasteiger partial charge in [-0.1, -0.05) is 19.1 Å². The summed E-state index contributed by atoms with van der Waals surface area (Å²) < 4.78 is 20.0. The number of phenolic OH excluding ortho intramolecular Hbond substituents is 1. The molecule has 0 atom stereocenters. The third-order valence-corrected chi connectivity index (χ3v) is 6.68. The van der Waals surface area contributed by atoms with Gasteiger partial charge in [-0.15, -0.1) is 0 Å². The number of carbonyl (C=O) groups excluding carboxylic acids is 2. The first-order valence-electron chi connectivity index (χ1n) is 12.5. The second kappa shape index (κ2) is 11.2. The standard InChI is InChI=1S/C27H33FN4O5/c1-5-17-14-20-24(30-23(17)19-8-6-7-9-21(19)33)26(37-16(2)3)25(31(20)4)27(35)29-18-10-12-32(13-11-18)22(34)15-36-28/h6-9,14,16,18,33H,5,10-13,15H2,1-4H3,(H,29,35). The Hall–Kier alpha value is -3.66. The van der Waals surface area contributed by atoms with Crippen LogP contribution in [0, 0.1) is 0 Å². The minimum atomic E-state index is -0.599. The Kier molecular flexibility index (Phi) is 7.97. The van der Waals surface area contributed by atoms with Gasteiger partial charge in [0.05, 0.1) is 17.3 Å². The highest BCUT2D eigenvalue weighted by Crippen LogP contribution is 2.38. The predicted molar refractivity (Wildman–Crippen MR) is 137 cm³/mol. The zero-order valence-corrected chi connectivity index (χ0v) is 21.6. The average Bonchev–Trinajstić information content (AvgIpc) is 3.14. The van der Waals surface area contributed by atoms with Crippen LogP contribution in [0.2, 0.25) is 0 Å². The van der Waals surface area contributed by atoms with Crippen LogP contribution in [-0.2, 0) is 23.2 Å². The molecule has 0 bridgehead atoms. The molecule has 2 N–H and O–H groups in total. The van der Waals surface area contributed by atoms with Crippen molar-refractivity contribution in [1.82, 2.24) is 19.8 Å². The van der Waals surface area contributed by atoms with Crippen LogP contribution in [0.4, 0.5) is 4.53 Å². The number of amides is 2. The lowest BCUT2D eigenvalue weighted by atomic mass is 10.0. The van der Waals surface area contributed by atoms with Crippen molar-refractivity contribution < 1.29 is 28.9 Å². The fraction of sp³-hybridized carbons (Fsp3) is 0.444. The van der Waals surface area contributed by atoms with E-state index in [0.29, 0.717) is 60.6 Å². The number of halogens is 1. The number of hydrogen-bond acceptors (Lipinski definition) is 6. The lowest BCUT2D eigenvalue weighted by Crippen LogP contribution is -2.47. The molecule has 0 spiro atoms. The van der Waals surface area contributed by atoms with Gasteiger partial charge in [-0.05, 0) is 61.4 Å². The highest BCUT2D eigenvalue weighted by Gasteiger charge is 2.29. The minimum absolute atomic E-state index is 0.132. The Morgan fingerprint density at radius 3 is 2.57 bits per heavy atom. The molecule has 1 aromatic carbocycles. The number of aromatic nitrogens is 2. The van der Waals surface area contributed by atoms with E-state index in [0.717, 1.165) is 11.1 Å². The summed E-state index contributed by atoms with van der Waals surface area (Å²) in [6, 6.07) is 8.89. The van der Waals surface area contributed by atoms with Crippen molar-refractivity contribution in [2.24, 2.45) is 7.05 Å². The minimum Gasteiger partial charge on any atom is -0.507 e. The predicted octanol–water partition coefficient (Wildman–Crippen LogP) is 3.92. The SMILES string of the molecule is CCc1cc2c(nc1-c1ccccc1O)c(OC(C)C)c(C(=O)NC1CCN(C(=O)COF)CC1)n2C. The van der Waals surface area contributed by atoms with Crippen molar-refractivity contribution in [3.05, 3.63) is 41.6 Å². The number of ether oxygens (including phenoxy) is 1. The Morgan fingerprint density at radius 1 is 1.24 bits per heavy atom. The molecule has 9 nitrogen and oxygen atoms in total. The van der Waals surface area contributed by atoms with Crippen molar-refractivity contribution in [2.45, 2.75) is 52.2 Å². The number of rotatable bonds is 8. The maximum absolute atomic E-state index is 13.6. The summed E-state index contributed by atoms with van der Waals surface area (Å²) in [7, 11) is 1.81. The number of aromatic hydroxyl groups is 1. The van der Waals surface area contributed by atoms with E-state index in [1.165, 1.54) is 4.90 Å². The van der Waals surface area contributed by atoms with Crippen LogP contribution in [0.15, 0.2) is 30.3 Å². The number of aryl methyl sites for hydroxylation is 2. The second-order valence-electron chi connectivity index (χ2n) is 9.52. The molecule has 1 fully saturated rings. The Balaban J connectivity index is 1.70. The smallest absolute Gasteiger partial charge is 0.272 e. The Morgan fingerprint density at radius 2 is 1.95 bits per heavy atom. The molecule has 37 heavy (non-hydrogen) atoms. The Labute approximate surface area is 215 Å². The number of phenols is 1. The number of benzene rings is 1. The number of likely N-dealkylation sites (tertiary alicyclic amines) is 1. The fourth-order valence-electron chi connectivity index (χ4n) is 4.79. The van der Waals surface area contributed by atoms with E-state index in [1.807, 2.05) is 46.0 Å². The van der Waals surface area contributed by atoms with E-state index in [1.54, 1.807) is 16.7 Å². The van der Waals surface area contributed by atoms with Gasteiger partial charge in [0, 0.05) is 31.7 Å². The molecule has 2 aromatic heterocycles. The number of carbonyl (C=O) groups is 2. The first kappa shape index (κ1) is 26.4. The lowest BCUT2D eigenvalue weighted by molar-refractivity contribution is -0.165. The third kappa shape index (κ3) is 5.39. The molecule has 0 aliphatic carbocycles. The van der Waals surface area contributed by atoms with Gasteiger partial charge in [0.25, 0.3) is 11.8 Å². The van der Waals surface area contributed by atoms with Crippen LogP contribution < -0.4 is 10.1 Å². The van der Waals surface area contributed by atoms with Crippen molar-refractivity contribution >= 4 is 22.8 Å². The topological polar surface area (TPSA) is 106 Å². The molecule has 1 aliphatic heterocycles. The number of piperidine rings is 1. The van der Waals surface area contributed by atoms with Crippen LogP contribution in [0.25, 0.3) is 22.3 Å². The highest BCUT2D eigenvalue weighted by molar-refractivity contribution is 6.03. The number of hydrogen-bond donors (Lipinski definition) is 2. The van der Waals surface area contributed by atoms with Gasteiger partial charge in [-0.25, -0.2) is 4.98 Å². The number of nitrogens with one attached hydrogen (secondary N) is 1. The van der Waals surface area contributed by atoms with Crippen LogP contribution in [0.3, 0.4) is 0 Å². The molecular weight excluding hydrogens is 479 g/mol. The zero-order chi connectivity index (χ0) is 26.7. The summed E-state index contributed by atoms with van der Waals surface area (Å²) in [5, 5.41) is 13.6. The molecule has 4 rings (SSSR count). The summed E-state index contributed by atoms with van der Waals surface area (Å²) in [4.78, 5) is 35.3. The van der Waals surface area contributed by atoms with Crippen LogP contribution in [0.1, 0.15) is 49.7 Å². The zero-order valence-electron chi connectivity index (χ0n) is 21.6. The number of fused-ring (bicyclic) bond motifs is 1. The maximum Gasteiger partial charge on any atom is 0.272 e. The van der Waals surface area contributed by atoms with E-state index in [9.17, 15) is 19.2 Å². The normalized spacial score (nSPS) is 14.4. The van der Waals surface area contributed by atoms with Gasteiger partial charge < -0.3 is 24.6 Å². The summed E-state index contributed by atoms with van der Waals surface area (Å²) in [6.07, 6.45) is 1.57. The van der Waals surface area contributed by atoms with Gasteiger partial charge in [0.2, 0.25) is 0 Å². The summed E-state index contributed by atoms with van der Waals surface area (Å²) in [5.41, 5.74) is 3.86. The van der Waals surface area contributed by atoms with Gasteiger partial charge in [-0.2, -0.15) is 4.94 Å². The Bertz CT molecular complexity index is 1300. The second-order valence-corrected chi connectivity index (χ2v) is 9.52. The van der Waals surface area contributed by atoms with E-state index in [4.69, 9.17) is 9.72 Å². The van der Waals surface area contributed by atoms with Gasteiger partial charge in [-0.3, -0.25) is 9.59 Å². The first-order valence-corrected chi connectivity index (χ1v) is 12.5. The highest BCUT2D eigenvalue weighted by atomic mass is 19.3. The molecular formula is C27H33FN4O5. The van der Waals surface area contributed by atoms with Crippen molar-refractivity contribution in [3.8, 4) is 22.8 Å². The van der Waals surface area contributed by atoms with Crippen LogP contribution in [0.5, 0.6) is 11.5 Å². The third-order valence-electron chi connectivity index (χ3n) is 6.68. The number of para-hydroxylation sites is 1. The van der Waals surface area contributed by atoms with E-state index in [-0.39, 0.29) is 23.8 Å². The molecule has 0 unspecified atom stereocenters. The summed E-state index contributed by atoms with van der Waals surface area (Å²) >= 11 is 0. The average molecular weight is 513 g/mol. The van der Waals surface area contributed by atoms with E-state index < -0.39 is 12.5 Å².